The van der Waals surface area contributed by atoms with E-state index in [9.17, 15) is 0 Å². The molecule has 0 spiro atoms. The highest BCUT2D eigenvalue weighted by atomic mass is 79.9. The largest absolute Gasteiger partial charge is 0.310 e. The second-order valence-electron chi connectivity index (χ2n) is 4.59. The van der Waals surface area contributed by atoms with E-state index in [0.717, 1.165) is 32.7 Å². The van der Waals surface area contributed by atoms with E-state index >= 15 is 0 Å². The van der Waals surface area contributed by atoms with Crippen LogP contribution in [0, 0.1) is 0 Å². The predicted octanol–water partition coefficient (Wildman–Crippen LogP) is 3.64. The van der Waals surface area contributed by atoms with Crippen molar-refractivity contribution < 1.29 is 0 Å². The van der Waals surface area contributed by atoms with Gasteiger partial charge >= 0.3 is 0 Å². The summed E-state index contributed by atoms with van der Waals surface area (Å²) in [7, 11) is 0. The SMILES string of the molecule is Brc1ccc(Sc2ncc(CNC3CC3)cn2)cc1. The molecule has 1 N–H and O–H groups in total. The Kier molecular flexibility index (Phi) is 4.15. The van der Waals surface area contributed by atoms with Crippen LogP contribution >= 0.6 is 27.7 Å². The maximum atomic E-state index is 4.39. The van der Waals surface area contributed by atoms with E-state index < -0.39 is 0 Å². The summed E-state index contributed by atoms with van der Waals surface area (Å²) in [5.74, 6) is 0. The van der Waals surface area contributed by atoms with Crippen LogP contribution in [0.5, 0.6) is 0 Å². The first-order valence-corrected chi connectivity index (χ1v) is 7.88. The number of aromatic nitrogens is 2. The summed E-state index contributed by atoms with van der Waals surface area (Å²) in [6.07, 6.45) is 6.42. The third kappa shape index (κ3) is 4.03. The molecule has 1 fully saturated rings. The van der Waals surface area contributed by atoms with E-state index in [0.29, 0.717) is 0 Å². The highest BCUT2D eigenvalue weighted by molar-refractivity contribution is 9.10. The van der Waals surface area contributed by atoms with Gasteiger partial charge in [0.05, 0.1) is 0 Å². The minimum absolute atomic E-state index is 0.719. The fraction of sp³-hybridized carbons (Fsp3) is 0.286. The monoisotopic (exact) mass is 335 g/mol. The van der Waals surface area contributed by atoms with E-state index in [1.807, 2.05) is 24.5 Å². The first-order chi connectivity index (χ1) is 9.29. The lowest BCUT2D eigenvalue weighted by Gasteiger charge is -2.04. The molecule has 0 bridgehead atoms. The molecule has 1 aliphatic rings. The van der Waals surface area contributed by atoms with Gasteiger partial charge < -0.3 is 5.32 Å². The Balaban J connectivity index is 1.59. The first-order valence-electron chi connectivity index (χ1n) is 6.27. The van der Waals surface area contributed by atoms with Crippen molar-refractivity contribution in [1.82, 2.24) is 15.3 Å². The Hall–Kier alpha value is -0.910. The number of nitrogens with zero attached hydrogens (tertiary/aromatic N) is 2. The summed E-state index contributed by atoms with van der Waals surface area (Å²) in [6, 6.07) is 8.88. The average Bonchev–Trinajstić information content (AvgIpc) is 3.25. The number of benzene rings is 1. The summed E-state index contributed by atoms with van der Waals surface area (Å²) >= 11 is 5.01. The number of halogens is 1. The van der Waals surface area contributed by atoms with Crippen LogP contribution in [-0.2, 0) is 6.54 Å². The van der Waals surface area contributed by atoms with Crippen molar-refractivity contribution in [1.29, 1.82) is 0 Å². The molecule has 2 aromatic rings. The third-order valence-corrected chi connectivity index (χ3v) is 4.31. The van der Waals surface area contributed by atoms with Gasteiger partial charge in [0.2, 0.25) is 0 Å². The average molecular weight is 336 g/mol. The molecular weight excluding hydrogens is 322 g/mol. The fourth-order valence-electron chi connectivity index (χ4n) is 1.64. The Morgan fingerprint density at radius 3 is 2.47 bits per heavy atom. The fourth-order valence-corrected chi connectivity index (χ4v) is 2.60. The van der Waals surface area contributed by atoms with E-state index in [4.69, 9.17) is 0 Å². The standard InChI is InChI=1S/C14H14BrN3S/c15-11-1-5-13(6-2-11)19-14-17-8-10(9-18-14)7-16-12-3-4-12/h1-2,5-6,8-9,12,16H,3-4,7H2. The maximum Gasteiger partial charge on any atom is 0.192 e. The van der Waals surface area contributed by atoms with Crippen LogP contribution in [0.15, 0.2) is 51.2 Å². The highest BCUT2D eigenvalue weighted by Crippen LogP contribution is 2.25. The molecule has 1 saturated carbocycles. The smallest absolute Gasteiger partial charge is 0.192 e. The molecule has 1 aromatic heterocycles. The number of nitrogens with one attached hydrogen (secondary N) is 1. The molecule has 0 radical (unpaired) electrons. The van der Waals surface area contributed by atoms with Crippen LogP contribution in [0.3, 0.4) is 0 Å². The quantitative estimate of drug-likeness (QED) is 0.846. The van der Waals surface area contributed by atoms with Gasteiger partial charge in [-0.15, -0.1) is 0 Å². The van der Waals surface area contributed by atoms with E-state index in [1.165, 1.54) is 12.8 Å². The Morgan fingerprint density at radius 2 is 1.84 bits per heavy atom. The van der Waals surface area contributed by atoms with Crippen molar-refractivity contribution in [2.75, 3.05) is 0 Å². The van der Waals surface area contributed by atoms with Gasteiger partial charge in [0.1, 0.15) is 0 Å². The minimum Gasteiger partial charge on any atom is -0.310 e. The molecule has 0 saturated heterocycles. The van der Waals surface area contributed by atoms with Crippen molar-refractivity contribution in [3.8, 4) is 0 Å². The molecule has 0 aliphatic heterocycles. The van der Waals surface area contributed by atoms with Crippen LogP contribution in [0.1, 0.15) is 18.4 Å². The molecule has 3 nitrogen and oxygen atoms in total. The van der Waals surface area contributed by atoms with Crippen LogP contribution in [-0.4, -0.2) is 16.0 Å². The van der Waals surface area contributed by atoms with Gasteiger partial charge in [0, 0.05) is 39.9 Å². The molecule has 0 atom stereocenters. The number of hydrogen-bond acceptors (Lipinski definition) is 4. The minimum atomic E-state index is 0.719. The topological polar surface area (TPSA) is 37.8 Å². The molecule has 1 heterocycles. The van der Waals surface area contributed by atoms with Crippen molar-refractivity contribution in [3.63, 3.8) is 0 Å². The molecule has 0 unspecified atom stereocenters. The molecule has 3 rings (SSSR count). The molecule has 19 heavy (non-hydrogen) atoms. The molecule has 98 valence electrons. The predicted molar refractivity (Wildman–Crippen MR) is 80.2 cm³/mol. The summed E-state index contributed by atoms with van der Waals surface area (Å²) in [6.45, 7) is 0.869. The van der Waals surface area contributed by atoms with E-state index in [-0.39, 0.29) is 0 Å². The number of rotatable bonds is 5. The van der Waals surface area contributed by atoms with Gasteiger partial charge in [-0.1, -0.05) is 15.9 Å². The molecule has 1 aromatic carbocycles. The summed E-state index contributed by atoms with van der Waals surface area (Å²) in [4.78, 5) is 9.94. The lowest BCUT2D eigenvalue weighted by atomic mass is 10.3. The second kappa shape index (κ2) is 6.03. The van der Waals surface area contributed by atoms with Crippen molar-refractivity contribution >= 4 is 27.7 Å². The van der Waals surface area contributed by atoms with Gasteiger partial charge in [0.15, 0.2) is 5.16 Å². The first kappa shape index (κ1) is 13.1. The van der Waals surface area contributed by atoms with Crippen LogP contribution < -0.4 is 5.32 Å². The second-order valence-corrected chi connectivity index (χ2v) is 6.54. The summed E-state index contributed by atoms with van der Waals surface area (Å²) < 4.78 is 1.08. The van der Waals surface area contributed by atoms with Crippen LogP contribution in [0.25, 0.3) is 0 Å². The molecule has 0 amide bonds. The molecule has 1 aliphatic carbocycles. The Labute approximate surface area is 125 Å². The number of hydrogen-bond donors (Lipinski definition) is 1. The summed E-state index contributed by atoms with van der Waals surface area (Å²) in [5, 5.41) is 4.25. The van der Waals surface area contributed by atoms with Crippen LogP contribution in [0.2, 0.25) is 0 Å². The van der Waals surface area contributed by atoms with Crippen molar-refractivity contribution in [2.45, 2.75) is 35.5 Å². The molecule has 5 heteroatoms. The van der Waals surface area contributed by atoms with Gasteiger partial charge in [-0.05, 0) is 48.9 Å². The summed E-state index contributed by atoms with van der Waals surface area (Å²) in [5.41, 5.74) is 1.15. The molecular formula is C14H14BrN3S. The lowest BCUT2D eigenvalue weighted by molar-refractivity contribution is 0.680. The maximum absolute atomic E-state index is 4.39. The zero-order chi connectivity index (χ0) is 13.1. The zero-order valence-corrected chi connectivity index (χ0v) is 12.7. The van der Waals surface area contributed by atoms with E-state index in [1.54, 1.807) is 11.8 Å². The highest BCUT2D eigenvalue weighted by Gasteiger charge is 2.19. The van der Waals surface area contributed by atoms with Crippen LogP contribution in [0.4, 0.5) is 0 Å². The van der Waals surface area contributed by atoms with Gasteiger partial charge in [-0.2, -0.15) is 0 Å². The lowest BCUT2D eigenvalue weighted by Crippen LogP contribution is -2.15. The normalized spacial score (nSPS) is 14.6. The van der Waals surface area contributed by atoms with Gasteiger partial charge in [0.25, 0.3) is 0 Å². The third-order valence-electron chi connectivity index (χ3n) is 2.88. The Morgan fingerprint density at radius 1 is 1.16 bits per heavy atom. The van der Waals surface area contributed by atoms with Crippen molar-refractivity contribution in [2.24, 2.45) is 0 Å². The van der Waals surface area contributed by atoms with Crippen molar-refractivity contribution in [3.05, 3.63) is 46.7 Å². The Bertz CT molecular complexity index is 538. The van der Waals surface area contributed by atoms with E-state index in [2.05, 4.69) is 43.3 Å². The zero-order valence-electron chi connectivity index (χ0n) is 10.3. The van der Waals surface area contributed by atoms with Gasteiger partial charge in [-0.25, -0.2) is 9.97 Å². The van der Waals surface area contributed by atoms with Gasteiger partial charge in [-0.3, -0.25) is 0 Å².